The third kappa shape index (κ3) is 3.64. The van der Waals surface area contributed by atoms with E-state index in [9.17, 15) is 4.79 Å². The molecule has 106 valence electrons. The number of halogens is 1. The number of hydrogen-bond donors (Lipinski definition) is 0. The molecule has 1 aromatic carbocycles. The molecule has 0 unspecified atom stereocenters. The van der Waals surface area contributed by atoms with Crippen molar-refractivity contribution in [3.05, 3.63) is 34.6 Å². The largest absolute Gasteiger partial charge is 0.468 e. The molecule has 0 fully saturated rings. The van der Waals surface area contributed by atoms with Crippen molar-refractivity contribution < 1.29 is 13.9 Å². The van der Waals surface area contributed by atoms with E-state index in [0.717, 1.165) is 10.0 Å². The van der Waals surface area contributed by atoms with Crippen molar-refractivity contribution in [1.29, 1.82) is 0 Å². The number of carbonyl (C=O) groups is 1. The van der Waals surface area contributed by atoms with E-state index in [0.29, 0.717) is 18.3 Å². The van der Waals surface area contributed by atoms with Gasteiger partial charge in [0, 0.05) is 4.47 Å². The van der Waals surface area contributed by atoms with Crippen LogP contribution in [0.15, 0.2) is 33.2 Å². The number of carbonyl (C=O) groups excluding carboxylic acids is 1. The van der Waals surface area contributed by atoms with Gasteiger partial charge in [-0.1, -0.05) is 12.1 Å². The molecule has 2 rings (SSSR count). The van der Waals surface area contributed by atoms with Gasteiger partial charge in [-0.2, -0.15) is 0 Å². The number of nitrogens with zero attached hydrogens (tertiary/aromatic N) is 3. The Morgan fingerprint density at radius 2 is 2.15 bits per heavy atom. The van der Waals surface area contributed by atoms with Crippen molar-refractivity contribution in [2.45, 2.75) is 6.54 Å². The van der Waals surface area contributed by atoms with Gasteiger partial charge in [0.1, 0.15) is 0 Å². The van der Waals surface area contributed by atoms with Crippen LogP contribution in [-0.4, -0.2) is 41.8 Å². The number of ether oxygens (including phenoxy) is 1. The van der Waals surface area contributed by atoms with Crippen molar-refractivity contribution in [3.63, 3.8) is 0 Å². The number of benzene rings is 1. The molecule has 0 aliphatic heterocycles. The topological polar surface area (TPSA) is 68.5 Å². The van der Waals surface area contributed by atoms with Gasteiger partial charge in [-0.3, -0.25) is 9.69 Å². The number of aromatic nitrogens is 2. The van der Waals surface area contributed by atoms with Crippen LogP contribution in [0.2, 0.25) is 0 Å². The van der Waals surface area contributed by atoms with Gasteiger partial charge in [0.15, 0.2) is 0 Å². The minimum Gasteiger partial charge on any atom is -0.468 e. The Kier molecular flexibility index (Phi) is 4.86. The lowest BCUT2D eigenvalue weighted by molar-refractivity contribution is -0.141. The maximum absolute atomic E-state index is 11.1. The second-order valence-electron chi connectivity index (χ2n) is 4.23. The van der Waals surface area contributed by atoms with Crippen molar-refractivity contribution in [1.82, 2.24) is 15.1 Å². The summed E-state index contributed by atoms with van der Waals surface area (Å²) >= 11 is 3.44. The second-order valence-corrected chi connectivity index (χ2v) is 5.08. The maximum Gasteiger partial charge on any atom is 0.319 e. The third-order valence-corrected chi connectivity index (χ3v) is 3.29. The average molecular weight is 340 g/mol. The minimum absolute atomic E-state index is 0.170. The standard InChI is InChI=1S/C13H14BrN3O3/c1-17(8-12(18)19-2)7-11-15-16-13(20-11)9-5-3-4-6-10(9)14/h3-6H,7-8H2,1-2H3. The molecule has 1 heterocycles. The van der Waals surface area contributed by atoms with Gasteiger partial charge in [0.05, 0.1) is 25.8 Å². The van der Waals surface area contributed by atoms with Crippen LogP contribution in [0, 0.1) is 0 Å². The molecule has 0 amide bonds. The fourth-order valence-electron chi connectivity index (χ4n) is 1.63. The zero-order valence-electron chi connectivity index (χ0n) is 11.2. The first kappa shape index (κ1) is 14.7. The Balaban J connectivity index is 2.06. The Hall–Kier alpha value is -1.73. The first-order valence-corrected chi connectivity index (χ1v) is 6.72. The summed E-state index contributed by atoms with van der Waals surface area (Å²) in [6.07, 6.45) is 0. The van der Waals surface area contributed by atoms with Crippen LogP contribution in [-0.2, 0) is 16.1 Å². The Morgan fingerprint density at radius 1 is 1.40 bits per heavy atom. The fourth-order valence-corrected chi connectivity index (χ4v) is 2.09. The first-order chi connectivity index (χ1) is 9.60. The summed E-state index contributed by atoms with van der Waals surface area (Å²) in [4.78, 5) is 12.9. The molecule has 0 atom stereocenters. The van der Waals surface area contributed by atoms with E-state index in [4.69, 9.17) is 4.42 Å². The lowest BCUT2D eigenvalue weighted by Crippen LogP contribution is -2.26. The third-order valence-electron chi connectivity index (χ3n) is 2.60. The van der Waals surface area contributed by atoms with Crippen LogP contribution < -0.4 is 0 Å². The smallest absolute Gasteiger partial charge is 0.319 e. The monoisotopic (exact) mass is 339 g/mol. The van der Waals surface area contributed by atoms with Crippen LogP contribution in [0.4, 0.5) is 0 Å². The Morgan fingerprint density at radius 3 is 2.85 bits per heavy atom. The van der Waals surface area contributed by atoms with Crippen LogP contribution in [0.25, 0.3) is 11.5 Å². The summed E-state index contributed by atoms with van der Waals surface area (Å²) < 4.78 is 11.1. The van der Waals surface area contributed by atoms with Gasteiger partial charge in [-0.15, -0.1) is 10.2 Å². The molecular formula is C13H14BrN3O3. The molecular weight excluding hydrogens is 326 g/mol. The molecule has 0 radical (unpaired) electrons. The number of hydrogen-bond acceptors (Lipinski definition) is 6. The van der Waals surface area contributed by atoms with Gasteiger partial charge in [0.25, 0.3) is 0 Å². The molecule has 2 aromatic rings. The molecule has 0 aliphatic carbocycles. The van der Waals surface area contributed by atoms with E-state index in [1.165, 1.54) is 7.11 Å². The first-order valence-electron chi connectivity index (χ1n) is 5.93. The summed E-state index contributed by atoms with van der Waals surface area (Å²) in [6.45, 7) is 0.551. The summed E-state index contributed by atoms with van der Waals surface area (Å²) in [5.74, 6) is 0.583. The van der Waals surface area contributed by atoms with E-state index < -0.39 is 0 Å². The van der Waals surface area contributed by atoms with Crippen molar-refractivity contribution in [2.75, 3.05) is 20.7 Å². The zero-order chi connectivity index (χ0) is 14.5. The van der Waals surface area contributed by atoms with Gasteiger partial charge in [-0.25, -0.2) is 0 Å². The van der Waals surface area contributed by atoms with E-state index in [2.05, 4.69) is 30.9 Å². The van der Waals surface area contributed by atoms with Crippen LogP contribution >= 0.6 is 15.9 Å². The number of rotatable bonds is 5. The Labute approximate surface area is 124 Å². The lowest BCUT2D eigenvalue weighted by Gasteiger charge is -2.11. The van der Waals surface area contributed by atoms with Crippen LogP contribution in [0.1, 0.15) is 5.89 Å². The molecule has 0 N–H and O–H groups in total. The van der Waals surface area contributed by atoms with Crippen molar-refractivity contribution >= 4 is 21.9 Å². The predicted octanol–water partition coefficient (Wildman–Crippen LogP) is 2.10. The Bertz CT molecular complexity index is 600. The van der Waals surface area contributed by atoms with Gasteiger partial charge in [0.2, 0.25) is 11.8 Å². The van der Waals surface area contributed by atoms with E-state index in [1.807, 2.05) is 24.3 Å². The molecule has 6 nitrogen and oxygen atoms in total. The van der Waals surface area contributed by atoms with Gasteiger partial charge in [-0.05, 0) is 35.1 Å². The normalized spacial score (nSPS) is 10.8. The zero-order valence-corrected chi connectivity index (χ0v) is 12.8. The molecule has 20 heavy (non-hydrogen) atoms. The lowest BCUT2D eigenvalue weighted by atomic mass is 10.2. The average Bonchev–Trinajstić information content (AvgIpc) is 2.87. The van der Waals surface area contributed by atoms with Crippen molar-refractivity contribution in [2.24, 2.45) is 0 Å². The van der Waals surface area contributed by atoms with Crippen LogP contribution in [0.5, 0.6) is 0 Å². The molecule has 0 spiro atoms. The molecule has 0 saturated heterocycles. The molecule has 1 aromatic heterocycles. The highest BCUT2D eigenvalue weighted by Crippen LogP contribution is 2.26. The summed E-state index contributed by atoms with van der Waals surface area (Å²) in [6, 6.07) is 7.60. The molecule has 0 aliphatic rings. The van der Waals surface area contributed by atoms with E-state index >= 15 is 0 Å². The maximum atomic E-state index is 11.1. The summed E-state index contributed by atoms with van der Waals surface area (Å²) in [5.41, 5.74) is 0.835. The van der Waals surface area contributed by atoms with Crippen LogP contribution in [0.3, 0.4) is 0 Å². The highest BCUT2D eigenvalue weighted by atomic mass is 79.9. The van der Waals surface area contributed by atoms with Gasteiger partial charge >= 0.3 is 5.97 Å². The number of likely N-dealkylation sites (N-methyl/N-ethyl adjacent to an activating group) is 1. The summed E-state index contributed by atoms with van der Waals surface area (Å²) in [7, 11) is 3.13. The van der Waals surface area contributed by atoms with E-state index in [-0.39, 0.29) is 12.5 Å². The van der Waals surface area contributed by atoms with Crippen molar-refractivity contribution in [3.8, 4) is 11.5 Å². The number of methoxy groups -OCH3 is 1. The summed E-state index contributed by atoms with van der Waals surface area (Å²) in [5, 5.41) is 7.99. The predicted molar refractivity (Wildman–Crippen MR) is 75.8 cm³/mol. The molecule has 0 saturated carbocycles. The minimum atomic E-state index is -0.307. The fraction of sp³-hybridized carbons (Fsp3) is 0.308. The van der Waals surface area contributed by atoms with Gasteiger partial charge < -0.3 is 9.15 Å². The second kappa shape index (κ2) is 6.62. The quantitative estimate of drug-likeness (QED) is 0.777. The molecule has 0 bridgehead atoms. The molecule has 7 heteroatoms. The highest BCUT2D eigenvalue weighted by Gasteiger charge is 2.14. The highest BCUT2D eigenvalue weighted by molar-refractivity contribution is 9.10. The SMILES string of the molecule is COC(=O)CN(C)Cc1nnc(-c2ccccc2Br)o1. The van der Waals surface area contributed by atoms with E-state index in [1.54, 1.807) is 11.9 Å². The number of esters is 1.